The van der Waals surface area contributed by atoms with E-state index in [2.05, 4.69) is 43.9 Å². The van der Waals surface area contributed by atoms with Crippen molar-refractivity contribution in [1.82, 2.24) is 0 Å². The van der Waals surface area contributed by atoms with Gasteiger partial charge >= 0.3 is 167 Å². The Bertz CT molecular complexity index is 441. The molecule has 0 rings (SSSR count). The molecule has 150 valence electrons. The third-order valence-electron chi connectivity index (χ3n) is 5.08. The van der Waals surface area contributed by atoms with Crippen LogP contribution in [0.1, 0.15) is 79.6 Å². The van der Waals surface area contributed by atoms with E-state index in [-0.39, 0.29) is 12.3 Å². The zero-order chi connectivity index (χ0) is 19.8. The molecule has 0 aromatic heterocycles. The first-order valence-electron chi connectivity index (χ1n) is 10.6. The standard InChI is InChI=1S/C11H15O2.3C4H9.Sn/c1-4-9(2)6-5-7-10(3)8-11(12)13;3*1-3-4-2;/h1,4-7,10H,8H2,2-3H3,(H,12,13);3*1,3-4H2,2H3;/b4-1?,7-5+,9-6+;;;;. The number of aliphatic carboxylic acids is 1. The Balaban J connectivity index is 5.08. The fraction of sp³-hybridized carbons (Fsp3) is 0.696. The number of hydrogen-bond acceptors (Lipinski definition) is 1. The number of carboxylic acid groups (broad SMARTS) is 1. The van der Waals surface area contributed by atoms with Crippen LogP contribution in [0.15, 0.2) is 34.0 Å². The summed E-state index contributed by atoms with van der Waals surface area (Å²) in [4.78, 5) is 10.7. The number of allylic oxidation sites excluding steroid dienone is 5. The van der Waals surface area contributed by atoms with Crippen LogP contribution in [0.2, 0.25) is 13.3 Å². The molecule has 0 aliphatic rings. The topological polar surface area (TPSA) is 37.3 Å². The van der Waals surface area contributed by atoms with Gasteiger partial charge in [0.1, 0.15) is 0 Å². The molecule has 1 unspecified atom stereocenters. The van der Waals surface area contributed by atoms with Crippen LogP contribution in [0.3, 0.4) is 0 Å². The van der Waals surface area contributed by atoms with Crippen LogP contribution >= 0.6 is 0 Å². The zero-order valence-corrected chi connectivity index (χ0v) is 20.7. The van der Waals surface area contributed by atoms with E-state index in [1.807, 2.05) is 19.1 Å². The molecule has 0 aliphatic carbocycles. The van der Waals surface area contributed by atoms with Crippen molar-refractivity contribution in [2.45, 2.75) is 92.9 Å². The zero-order valence-electron chi connectivity index (χ0n) is 17.9. The van der Waals surface area contributed by atoms with Crippen molar-refractivity contribution in [3.63, 3.8) is 0 Å². The SMILES string of the molecule is CCC[CH2][Sn](/[CH]=C/C(C)=C/C=C/C(C)CC(=O)O)([CH2]CCC)[CH2]CCC. The second-order valence-corrected chi connectivity index (χ2v) is 20.9. The van der Waals surface area contributed by atoms with Crippen molar-refractivity contribution in [3.8, 4) is 0 Å². The first-order valence-corrected chi connectivity index (χ1v) is 18.4. The van der Waals surface area contributed by atoms with E-state index in [1.165, 1.54) is 57.4 Å². The van der Waals surface area contributed by atoms with Crippen molar-refractivity contribution in [3.05, 3.63) is 34.0 Å². The summed E-state index contributed by atoms with van der Waals surface area (Å²) >= 11 is -2.18. The van der Waals surface area contributed by atoms with Gasteiger partial charge in [0.25, 0.3) is 0 Å². The molecule has 0 heterocycles. The molecular formula is C23H42O2Sn. The molecule has 3 heteroatoms. The van der Waals surface area contributed by atoms with E-state index < -0.39 is 24.3 Å². The molecular weight excluding hydrogens is 427 g/mol. The molecule has 1 atom stereocenters. The van der Waals surface area contributed by atoms with Crippen molar-refractivity contribution < 1.29 is 9.90 Å². The van der Waals surface area contributed by atoms with E-state index in [0.29, 0.717) is 0 Å². The second kappa shape index (κ2) is 15.5. The summed E-state index contributed by atoms with van der Waals surface area (Å²) in [6.45, 7) is 11.1. The van der Waals surface area contributed by atoms with Gasteiger partial charge in [-0.1, -0.05) is 0 Å². The minimum absolute atomic E-state index is 0.0810. The molecule has 0 spiro atoms. The van der Waals surface area contributed by atoms with Gasteiger partial charge in [0.15, 0.2) is 0 Å². The molecule has 2 nitrogen and oxygen atoms in total. The fourth-order valence-corrected chi connectivity index (χ4v) is 17.7. The first kappa shape index (κ1) is 25.5. The van der Waals surface area contributed by atoms with Crippen LogP contribution < -0.4 is 0 Å². The van der Waals surface area contributed by atoms with Gasteiger partial charge in [-0.3, -0.25) is 0 Å². The molecule has 0 aromatic carbocycles. The molecule has 26 heavy (non-hydrogen) atoms. The molecule has 0 radical (unpaired) electrons. The molecule has 0 saturated carbocycles. The Hall–Kier alpha value is -0.511. The van der Waals surface area contributed by atoms with E-state index >= 15 is 0 Å². The molecule has 1 N–H and O–H groups in total. The average Bonchev–Trinajstić information content (AvgIpc) is 2.60. The summed E-state index contributed by atoms with van der Waals surface area (Å²) in [7, 11) is 0. The van der Waals surface area contributed by atoms with Gasteiger partial charge in [0.2, 0.25) is 0 Å². The van der Waals surface area contributed by atoms with Crippen LogP contribution in [0.5, 0.6) is 0 Å². The van der Waals surface area contributed by atoms with Crippen molar-refractivity contribution in [2.24, 2.45) is 5.92 Å². The number of carboxylic acids is 1. The van der Waals surface area contributed by atoms with Gasteiger partial charge in [-0.15, -0.1) is 0 Å². The van der Waals surface area contributed by atoms with Crippen LogP contribution in [0.4, 0.5) is 0 Å². The van der Waals surface area contributed by atoms with Crippen molar-refractivity contribution in [1.29, 1.82) is 0 Å². The summed E-state index contributed by atoms with van der Waals surface area (Å²) in [5.74, 6) is -0.651. The van der Waals surface area contributed by atoms with Crippen LogP contribution in [-0.4, -0.2) is 29.5 Å². The number of rotatable bonds is 15. The van der Waals surface area contributed by atoms with Crippen LogP contribution in [-0.2, 0) is 4.79 Å². The quantitative estimate of drug-likeness (QED) is 0.199. The Morgan fingerprint density at radius 3 is 1.92 bits per heavy atom. The first-order chi connectivity index (χ1) is 12.4. The Morgan fingerprint density at radius 1 is 1.00 bits per heavy atom. The monoisotopic (exact) mass is 470 g/mol. The Labute approximate surface area is 166 Å². The molecule has 0 aliphatic heterocycles. The van der Waals surface area contributed by atoms with Gasteiger partial charge in [-0.2, -0.15) is 0 Å². The third-order valence-corrected chi connectivity index (χ3v) is 19.1. The third kappa shape index (κ3) is 12.8. The average molecular weight is 469 g/mol. The summed E-state index contributed by atoms with van der Waals surface area (Å²) in [6, 6.07) is 0. The second-order valence-electron chi connectivity index (χ2n) is 7.88. The van der Waals surface area contributed by atoms with Gasteiger partial charge in [0.05, 0.1) is 0 Å². The number of carbonyl (C=O) groups is 1. The van der Waals surface area contributed by atoms with E-state index in [1.54, 1.807) is 0 Å². The van der Waals surface area contributed by atoms with E-state index in [9.17, 15) is 4.79 Å². The summed E-state index contributed by atoms with van der Waals surface area (Å²) in [5, 5.41) is 8.83. The predicted octanol–water partition coefficient (Wildman–Crippen LogP) is 7.54. The van der Waals surface area contributed by atoms with Gasteiger partial charge in [-0.25, -0.2) is 0 Å². The van der Waals surface area contributed by atoms with Crippen molar-refractivity contribution >= 4 is 24.3 Å². The minimum atomic E-state index is -2.18. The maximum absolute atomic E-state index is 10.7. The van der Waals surface area contributed by atoms with Crippen LogP contribution in [0, 0.1) is 5.92 Å². The van der Waals surface area contributed by atoms with E-state index in [0.717, 1.165) is 0 Å². The maximum atomic E-state index is 10.7. The van der Waals surface area contributed by atoms with Gasteiger partial charge in [-0.05, 0) is 0 Å². The van der Waals surface area contributed by atoms with Gasteiger partial charge < -0.3 is 0 Å². The molecule has 0 amide bonds. The predicted molar refractivity (Wildman–Crippen MR) is 118 cm³/mol. The summed E-state index contributed by atoms with van der Waals surface area (Å²) in [6.07, 6.45) is 16.8. The Kier molecular flexibility index (Phi) is 15.2. The molecule has 0 fully saturated rings. The van der Waals surface area contributed by atoms with Gasteiger partial charge in [0, 0.05) is 0 Å². The van der Waals surface area contributed by atoms with Crippen LogP contribution in [0.25, 0.3) is 0 Å². The number of hydrogen-bond donors (Lipinski definition) is 1. The molecule has 0 aromatic rings. The van der Waals surface area contributed by atoms with E-state index in [4.69, 9.17) is 5.11 Å². The summed E-state index contributed by atoms with van der Waals surface area (Å²) < 4.78 is 7.19. The Morgan fingerprint density at radius 2 is 1.50 bits per heavy atom. The fourth-order valence-electron chi connectivity index (χ4n) is 3.32. The summed E-state index contributed by atoms with van der Waals surface area (Å²) in [5.41, 5.74) is 1.29. The normalized spacial score (nSPS) is 14.4. The molecule has 0 saturated heterocycles. The number of unbranched alkanes of at least 4 members (excludes halogenated alkanes) is 3. The van der Waals surface area contributed by atoms with Crippen molar-refractivity contribution in [2.75, 3.05) is 0 Å². The molecule has 0 bridgehead atoms.